The normalized spacial score (nSPS) is 16.5. The Morgan fingerprint density at radius 1 is 1.21 bits per heavy atom. The molecule has 2 rings (SSSR count). The molecule has 1 aliphatic heterocycles. The summed E-state index contributed by atoms with van der Waals surface area (Å²) in [5, 5.41) is 3.28. The predicted octanol–water partition coefficient (Wildman–Crippen LogP) is 1.83. The zero-order chi connectivity index (χ0) is 13.5. The molecule has 19 heavy (non-hydrogen) atoms. The molecule has 0 unspecified atom stereocenters. The maximum Gasteiger partial charge on any atom is 0.224 e. The third kappa shape index (κ3) is 4.67. The van der Waals surface area contributed by atoms with Gasteiger partial charge in [0.2, 0.25) is 5.95 Å². The molecule has 2 heterocycles. The van der Waals surface area contributed by atoms with Gasteiger partial charge in [-0.2, -0.15) is 4.98 Å². The molecule has 5 nitrogen and oxygen atoms in total. The van der Waals surface area contributed by atoms with Crippen LogP contribution in [0.15, 0.2) is 12.3 Å². The minimum atomic E-state index is 0.739. The summed E-state index contributed by atoms with van der Waals surface area (Å²) in [4.78, 5) is 13.4. The Balaban J connectivity index is 1.93. The van der Waals surface area contributed by atoms with Gasteiger partial charge >= 0.3 is 0 Å². The average molecular weight is 263 g/mol. The molecule has 1 aromatic heterocycles. The van der Waals surface area contributed by atoms with Gasteiger partial charge in [0.1, 0.15) is 5.82 Å². The van der Waals surface area contributed by atoms with Crippen molar-refractivity contribution in [2.24, 2.45) is 0 Å². The highest BCUT2D eigenvalue weighted by Crippen LogP contribution is 2.17. The highest BCUT2D eigenvalue weighted by molar-refractivity contribution is 5.42. The molecule has 0 saturated carbocycles. The van der Waals surface area contributed by atoms with Crippen molar-refractivity contribution in [3.05, 3.63) is 12.3 Å². The molecule has 0 bridgehead atoms. The van der Waals surface area contributed by atoms with Crippen LogP contribution in [0.2, 0.25) is 0 Å². The van der Waals surface area contributed by atoms with Gasteiger partial charge in [-0.15, -0.1) is 0 Å². The van der Waals surface area contributed by atoms with Crippen LogP contribution in [0.4, 0.5) is 11.8 Å². The van der Waals surface area contributed by atoms with Crippen LogP contribution in [0.5, 0.6) is 0 Å². The maximum absolute atomic E-state index is 4.62. The van der Waals surface area contributed by atoms with Crippen LogP contribution < -0.4 is 10.2 Å². The first-order valence-electron chi connectivity index (χ1n) is 7.22. The Hall–Kier alpha value is -1.36. The van der Waals surface area contributed by atoms with Gasteiger partial charge in [0.25, 0.3) is 0 Å². The number of nitrogens with zero attached hydrogens (tertiary/aromatic N) is 4. The summed E-state index contributed by atoms with van der Waals surface area (Å²) in [6.07, 6.45) is 7.08. The van der Waals surface area contributed by atoms with Crippen molar-refractivity contribution in [2.75, 3.05) is 50.5 Å². The van der Waals surface area contributed by atoms with Crippen molar-refractivity contribution in [1.29, 1.82) is 0 Å². The zero-order valence-electron chi connectivity index (χ0n) is 12.1. The fourth-order valence-electron chi connectivity index (χ4n) is 2.30. The highest BCUT2D eigenvalue weighted by atomic mass is 15.2. The molecule has 0 radical (unpaired) electrons. The average Bonchev–Trinajstić information content (AvgIpc) is 2.67. The minimum absolute atomic E-state index is 0.739. The molecular formula is C14H25N5. The molecule has 0 atom stereocenters. The molecule has 0 aromatic carbocycles. The lowest BCUT2D eigenvalue weighted by Crippen LogP contribution is -2.26. The third-order valence-corrected chi connectivity index (χ3v) is 3.41. The number of likely N-dealkylation sites (N-methyl/N-ethyl adjacent to an activating group) is 1. The Bertz CT molecular complexity index is 372. The van der Waals surface area contributed by atoms with Crippen LogP contribution in [-0.4, -0.2) is 55.1 Å². The van der Waals surface area contributed by atoms with E-state index in [1.807, 2.05) is 12.3 Å². The number of hydrogen-bond donors (Lipinski definition) is 1. The van der Waals surface area contributed by atoms with Crippen LogP contribution >= 0.6 is 0 Å². The minimum Gasteiger partial charge on any atom is -0.356 e. The van der Waals surface area contributed by atoms with Gasteiger partial charge in [-0.25, -0.2) is 4.98 Å². The van der Waals surface area contributed by atoms with Crippen LogP contribution in [0, 0.1) is 0 Å². The lowest BCUT2D eigenvalue weighted by Gasteiger charge is -2.21. The topological polar surface area (TPSA) is 44.3 Å². The van der Waals surface area contributed by atoms with Gasteiger partial charge in [-0.05, 0) is 33.0 Å². The van der Waals surface area contributed by atoms with E-state index in [9.17, 15) is 0 Å². The smallest absolute Gasteiger partial charge is 0.224 e. The standard InChI is InChI=1S/C14H25N5/c1-18(2)12-9-16-14-15-8-7-13(17-14)19-10-5-3-4-6-11-19/h7-8H,3-6,9-12H2,1-2H3,(H,15,16,17). The molecule has 0 spiro atoms. The summed E-state index contributed by atoms with van der Waals surface area (Å²) in [5.74, 6) is 1.80. The molecular weight excluding hydrogens is 238 g/mol. The van der Waals surface area contributed by atoms with E-state index in [-0.39, 0.29) is 0 Å². The SMILES string of the molecule is CN(C)CCNc1nccc(N2CCCCCC2)n1. The fourth-order valence-corrected chi connectivity index (χ4v) is 2.30. The van der Waals surface area contributed by atoms with Crippen molar-refractivity contribution in [3.8, 4) is 0 Å². The van der Waals surface area contributed by atoms with E-state index in [1.165, 1.54) is 25.7 Å². The molecule has 0 aliphatic carbocycles. The largest absolute Gasteiger partial charge is 0.356 e. The zero-order valence-corrected chi connectivity index (χ0v) is 12.1. The predicted molar refractivity (Wildman–Crippen MR) is 79.8 cm³/mol. The summed E-state index contributed by atoms with van der Waals surface area (Å²) < 4.78 is 0. The van der Waals surface area contributed by atoms with E-state index in [0.29, 0.717) is 0 Å². The lowest BCUT2D eigenvalue weighted by atomic mass is 10.2. The van der Waals surface area contributed by atoms with Crippen LogP contribution in [0.25, 0.3) is 0 Å². The first-order chi connectivity index (χ1) is 9.25. The third-order valence-electron chi connectivity index (χ3n) is 3.41. The van der Waals surface area contributed by atoms with Gasteiger partial charge < -0.3 is 15.1 Å². The Morgan fingerprint density at radius 3 is 2.63 bits per heavy atom. The highest BCUT2D eigenvalue weighted by Gasteiger charge is 2.11. The van der Waals surface area contributed by atoms with Gasteiger partial charge in [0.15, 0.2) is 0 Å². The summed E-state index contributed by atoms with van der Waals surface area (Å²) >= 11 is 0. The number of rotatable bonds is 5. The van der Waals surface area contributed by atoms with Gasteiger partial charge in [-0.1, -0.05) is 12.8 Å². The van der Waals surface area contributed by atoms with Crippen molar-refractivity contribution in [3.63, 3.8) is 0 Å². The first-order valence-corrected chi connectivity index (χ1v) is 7.22. The molecule has 5 heteroatoms. The Labute approximate surface area is 116 Å². The Morgan fingerprint density at radius 2 is 1.95 bits per heavy atom. The van der Waals surface area contributed by atoms with Crippen molar-refractivity contribution >= 4 is 11.8 Å². The van der Waals surface area contributed by atoms with E-state index >= 15 is 0 Å². The summed E-state index contributed by atoms with van der Waals surface area (Å²) in [5.41, 5.74) is 0. The summed E-state index contributed by atoms with van der Waals surface area (Å²) in [7, 11) is 4.13. The second-order valence-electron chi connectivity index (χ2n) is 5.37. The van der Waals surface area contributed by atoms with E-state index in [2.05, 4.69) is 39.2 Å². The fraction of sp³-hybridized carbons (Fsp3) is 0.714. The van der Waals surface area contributed by atoms with Crippen molar-refractivity contribution < 1.29 is 0 Å². The van der Waals surface area contributed by atoms with Crippen molar-refractivity contribution in [1.82, 2.24) is 14.9 Å². The van der Waals surface area contributed by atoms with Crippen LogP contribution in [-0.2, 0) is 0 Å². The number of hydrogen-bond acceptors (Lipinski definition) is 5. The molecule has 1 aromatic rings. The second-order valence-corrected chi connectivity index (χ2v) is 5.37. The van der Waals surface area contributed by atoms with Crippen LogP contribution in [0.3, 0.4) is 0 Å². The van der Waals surface area contributed by atoms with Gasteiger partial charge in [-0.3, -0.25) is 0 Å². The van der Waals surface area contributed by atoms with E-state index in [4.69, 9.17) is 0 Å². The molecule has 1 fully saturated rings. The molecule has 0 amide bonds. The van der Waals surface area contributed by atoms with Crippen molar-refractivity contribution in [2.45, 2.75) is 25.7 Å². The van der Waals surface area contributed by atoms with Gasteiger partial charge in [0, 0.05) is 32.4 Å². The summed E-state index contributed by atoms with van der Waals surface area (Å²) in [6, 6.07) is 2.02. The Kier molecular flexibility index (Phi) is 5.39. The van der Waals surface area contributed by atoms with Gasteiger partial charge in [0.05, 0.1) is 0 Å². The number of nitrogens with one attached hydrogen (secondary N) is 1. The monoisotopic (exact) mass is 263 g/mol. The van der Waals surface area contributed by atoms with E-state index < -0.39 is 0 Å². The van der Waals surface area contributed by atoms with E-state index in [0.717, 1.165) is 37.9 Å². The molecule has 1 N–H and O–H groups in total. The quantitative estimate of drug-likeness (QED) is 0.878. The lowest BCUT2D eigenvalue weighted by molar-refractivity contribution is 0.425. The molecule has 106 valence electrons. The van der Waals surface area contributed by atoms with Crippen LogP contribution in [0.1, 0.15) is 25.7 Å². The molecule has 1 aliphatic rings. The second kappa shape index (κ2) is 7.28. The number of anilines is 2. The maximum atomic E-state index is 4.62. The number of aromatic nitrogens is 2. The van der Waals surface area contributed by atoms with E-state index in [1.54, 1.807) is 0 Å². The first kappa shape index (κ1) is 14.1. The summed E-state index contributed by atoms with van der Waals surface area (Å²) in [6.45, 7) is 4.09. The molecule has 1 saturated heterocycles.